The predicted octanol–water partition coefficient (Wildman–Crippen LogP) is 2.54. The van der Waals surface area contributed by atoms with E-state index in [1.807, 2.05) is 26.0 Å². The third-order valence-electron chi connectivity index (χ3n) is 4.09. The summed E-state index contributed by atoms with van der Waals surface area (Å²) in [7, 11) is 0. The number of aromatic nitrogens is 6. The Labute approximate surface area is 132 Å². The SMILES string of the molecule is Cc1nc2ncnn2c(NCc2nc3c(C)cccc3[nH]2)c1C. The van der Waals surface area contributed by atoms with Gasteiger partial charge in [0.1, 0.15) is 18.0 Å². The fraction of sp³-hybridized carbons (Fsp3) is 0.250. The second-order valence-electron chi connectivity index (χ2n) is 5.65. The highest BCUT2D eigenvalue weighted by Gasteiger charge is 2.12. The Morgan fingerprint density at radius 3 is 2.87 bits per heavy atom. The van der Waals surface area contributed by atoms with Gasteiger partial charge in [0.25, 0.3) is 5.78 Å². The standard InChI is InChI=1S/C16H17N7/c1-9-5-4-6-12-14(9)22-13(21-12)7-17-15-10(2)11(3)20-16-18-8-19-23(15)16/h4-6,8,17H,7H2,1-3H3,(H,21,22). The summed E-state index contributed by atoms with van der Waals surface area (Å²) >= 11 is 0. The number of aromatic amines is 1. The fourth-order valence-electron chi connectivity index (χ4n) is 2.72. The first-order valence-electron chi connectivity index (χ1n) is 7.48. The molecule has 4 rings (SSSR count). The minimum absolute atomic E-state index is 0.577. The van der Waals surface area contributed by atoms with Crippen molar-refractivity contribution in [2.75, 3.05) is 5.32 Å². The number of hydrogen-bond donors (Lipinski definition) is 2. The molecule has 0 bridgehead atoms. The predicted molar refractivity (Wildman–Crippen MR) is 88.4 cm³/mol. The van der Waals surface area contributed by atoms with Crippen LogP contribution in [0.2, 0.25) is 0 Å². The summed E-state index contributed by atoms with van der Waals surface area (Å²) in [6, 6.07) is 6.13. The minimum Gasteiger partial charge on any atom is -0.362 e. The number of H-pyrrole nitrogens is 1. The number of benzene rings is 1. The Bertz CT molecular complexity index is 1010. The van der Waals surface area contributed by atoms with E-state index in [2.05, 4.69) is 43.3 Å². The first-order chi connectivity index (χ1) is 11.1. The minimum atomic E-state index is 0.577. The maximum absolute atomic E-state index is 4.67. The van der Waals surface area contributed by atoms with Gasteiger partial charge < -0.3 is 10.3 Å². The van der Waals surface area contributed by atoms with Gasteiger partial charge in [-0.05, 0) is 32.4 Å². The Balaban J connectivity index is 1.69. The second-order valence-corrected chi connectivity index (χ2v) is 5.65. The largest absolute Gasteiger partial charge is 0.362 e. The Kier molecular flexibility index (Phi) is 3.00. The van der Waals surface area contributed by atoms with Gasteiger partial charge in [0.2, 0.25) is 0 Å². The summed E-state index contributed by atoms with van der Waals surface area (Å²) in [6.07, 6.45) is 1.51. The lowest BCUT2D eigenvalue weighted by Gasteiger charge is -2.11. The zero-order valence-corrected chi connectivity index (χ0v) is 13.3. The van der Waals surface area contributed by atoms with E-state index in [9.17, 15) is 0 Å². The molecule has 0 atom stereocenters. The number of anilines is 1. The number of hydrogen-bond acceptors (Lipinski definition) is 5. The van der Waals surface area contributed by atoms with Crippen molar-refractivity contribution in [2.24, 2.45) is 0 Å². The van der Waals surface area contributed by atoms with Gasteiger partial charge >= 0.3 is 0 Å². The smallest absolute Gasteiger partial charge is 0.254 e. The van der Waals surface area contributed by atoms with Gasteiger partial charge in [-0.3, -0.25) is 0 Å². The lowest BCUT2D eigenvalue weighted by atomic mass is 10.2. The first kappa shape index (κ1) is 13.7. The van der Waals surface area contributed by atoms with Crippen molar-refractivity contribution in [3.05, 3.63) is 47.2 Å². The Morgan fingerprint density at radius 1 is 1.17 bits per heavy atom. The van der Waals surface area contributed by atoms with E-state index in [1.54, 1.807) is 4.52 Å². The van der Waals surface area contributed by atoms with Crippen LogP contribution < -0.4 is 5.32 Å². The summed E-state index contributed by atoms with van der Waals surface area (Å²) in [5.41, 5.74) is 5.22. The fourth-order valence-corrected chi connectivity index (χ4v) is 2.72. The Hall–Kier alpha value is -2.96. The van der Waals surface area contributed by atoms with E-state index in [0.29, 0.717) is 12.3 Å². The van der Waals surface area contributed by atoms with Crippen LogP contribution in [0.25, 0.3) is 16.8 Å². The van der Waals surface area contributed by atoms with Crippen LogP contribution in [0, 0.1) is 20.8 Å². The van der Waals surface area contributed by atoms with Crippen LogP contribution in [-0.2, 0) is 6.54 Å². The second kappa shape index (κ2) is 5.05. The lowest BCUT2D eigenvalue weighted by Crippen LogP contribution is -2.10. The zero-order chi connectivity index (χ0) is 16.0. The molecule has 116 valence electrons. The van der Waals surface area contributed by atoms with Crippen molar-refractivity contribution in [3.63, 3.8) is 0 Å². The van der Waals surface area contributed by atoms with Gasteiger partial charge in [-0.1, -0.05) is 12.1 Å². The number of aryl methyl sites for hydroxylation is 2. The van der Waals surface area contributed by atoms with Crippen LogP contribution in [0.5, 0.6) is 0 Å². The van der Waals surface area contributed by atoms with Gasteiger partial charge in [-0.2, -0.15) is 14.6 Å². The molecule has 0 spiro atoms. The molecule has 2 N–H and O–H groups in total. The number of nitrogens with one attached hydrogen (secondary N) is 2. The van der Waals surface area contributed by atoms with Crippen LogP contribution in [0.1, 0.15) is 22.6 Å². The summed E-state index contributed by atoms with van der Waals surface area (Å²) in [4.78, 5) is 16.6. The zero-order valence-electron chi connectivity index (χ0n) is 13.3. The normalized spacial score (nSPS) is 11.4. The number of nitrogens with zero attached hydrogens (tertiary/aromatic N) is 5. The highest BCUT2D eigenvalue weighted by atomic mass is 15.4. The molecule has 23 heavy (non-hydrogen) atoms. The molecule has 0 aliphatic heterocycles. The van der Waals surface area contributed by atoms with Crippen molar-refractivity contribution >= 4 is 22.6 Å². The lowest BCUT2D eigenvalue weighted by molar-refractivity contribution is 0.890. The molecular weight excluding hydrogens is 290 g/mol. The summed E-state index contributed by atoms with van der Waals surface area (Å²) in [6.45, 7) is 6.64. The maximum atomic E-state index is 4.67. The van der Waals surface area contributed by atoms with E-state index in [1.165, 1.54) is 11.9 Å². The Morgan fingerprint density at radius 2 is 2.04 bits per heavy atom. The molecule has 0 radical (unpaired) electrons. The third-order valence-corrected chi connectivity index (χ3v) is 4.09. The van der Waals surface area contributed by atoms with Crippen LogP contribution in [0.4, 0.5) is 5.82 Å². The number of para-hydroxylation sites is 1. The molecule has 4 aromatic rings. The number of imidazole rings is 1. The molecule has 0 aliphatic rings. The number of rotatable bonds is 3. The molecular formula is C16H17N7. The molecule has 7 nitrogen and oxygen atoms in total. The number of fused-ring (bicyclic) bond motifs is 2. The molecule has 0 saturated heterocycles. The van der Waals surface area contributed by atoms with E-state index in [0.717, 1.165) is 33.9 Å². The summed E-state index contributed by atoms with van der Waals surface area (Å²) in [5.74, 6) is 2.37. The van der Waals surface area contributed by atoms with Gasteiger partial charge in [-0.25, -0.2) is 9.97 Å². The third kappa shape index (κ3) is 2.21. The quantitative estimate of drug-likeness (QED) is 0.607. The van der Waals surface area contributed by atoms with E-state index >= 15 is 0 Å². The van der Waals surface area contributed by atoms with Crippen molar-refractivity contribution in [2.45, 2.75) is 27.3 Å². The van der Waals surface area contributed by atoms with Gasteiger partial charge in [0.15, 0.2) is 0 Å². The molecule has 3 heterocycles. The summed E-state index contributed by atoms with van der Waals surface area (Å²) in [5, 5.41) is 7.65. The molecule has 7 heteroatoms. The average Bonchev–Trinajstić information content (AvgIpc) is 3.15. The van der Waals surface area contributed by atoms with Crippen LogP contribution in [0.3, 0.4) is 0 Å². The van der Waals surface area contributed by atoms with E-state index in [4.69, 9.17) is 0 Å². The molecule has 0 saturated carbocycles. The van der Waals surface area contributed by atoms with Crippen LogP contribution in [0.15, 0.2) is 24.5 Å². The van der Waals surface area contributed by atoms with Gasteiger partial charge in [0.05, 0.1) is 17.6 Å². The highest BCUT2D eigenvalue weighted by molar-refractivity contribution is 5.78. The highest BCUT2D eigenvalue weighted by Crippen LogP contribution is 2.19. The molecule has 1 aromatic carbocycles. The van der Waals surface area contributed by atoms with Gasteiger partial charge in [-0.15, -0.1) is 0 Å². The molecule has 0 aliphatic carbocycles. The first-order valence-corrected chi connectivity index (χ1v) is 7.48. The molecule has 0 amide bonds. The maximum Gasteiger partial charge on any atom is 0.254 e. The van der Waals surface area contributed by atoms with Crippen molar-refractivity contribution < 1.29 is 0 Å². The molecule has 0 fully saturated rings. The van der Waals surface area contributed by atoms with Crippen molar-refractivity contribution in [3.8, 4) is 0 Å². The topological polar surface area (TPSA) is 83.8 Å². The molecule has 0 unspecified atom stereocenters. The van der Waals surface area contributed by atoms with E-state index in [-0.39, 0.29) is 0 Å². The molecule has 3 aromatic heterocycles. The van der Waals surface area contributed by atoms with E-state index < -0.39 is 0 Å². The summed E-state index contributed by atoms with van der Waals surface area (Å²) < 4.78 is 1.72. The van der Waals surface area contributed by atoms with Crippen molar-refractivity contribution in [1.29, 1.82) is 0 Å². The van der Waals surface area contributed by atoms with Crippen LogP contribution in [-0.4, -0.2) is 29.5 Å². The van der Waals surface area contributed by atoms with Crippen LogP contribution >= 0.6 is 0 Å². The monoisotopic (exact) mass is 307 g/mol. The van der Waals surface area contributed by atoms with Gasteiger partial charge in [0, 0.05) is 11.3 Å². The van der Waals surface area contributed by atoms with Crippen molar-refractivity contribution in [1.82, 2.24) is 29.5 Å². The average molecular weight is 307 g/mol.